The number of carbonyl (C=O) groups excluding carboxylic acids is 1. The number of rotatable bonds is 7. The Kier molecular flexibility index (Phi) is 5.96. The van der Waals surface area contributed by atoms with E-state index in [1.807, 2.05) is 0 Å². The van der Waals surface area contributed by atoms with Gasteiger partial charge in [0.1, 0.15) is 18.1 Å². The zero-order chi connectivity index (χ0) is 14.4. The SMILES string of the molecule is CC(=O)c1ccc(OCCN(C(C)C)C(C)C)cn1. The predicted octanol–water partition coefficient (Wildman–Crippen LogP) is 2.78. The summed E-state index contributed by atoms with van der Waals surface area (Å²) in [4.78, 5) is 17.5. The highest BCUT2D eigenvalue weighted by molar-refractivity contribution is 5.92. The van der Waals surface area contributed by atoms with Gasteiger partial charge in [0, 0.05) is 25.6 Å². The van der Waals surface area contributed by atoms with Crippen LogP contribution in [0.25, 0.3) is 0 Å². The first-order valence-electron chi connectivity index (χ1n) is 6.77. The molecular weight excluding hydrogens is 240 g/mol. The van der Waals surface area contributed by atoms with E-state index in [1.54, 1.807) is 18.3 Å². The fourth-order valence-corrected chi connectivity index (χ4v) is 2.06. The molecule has 1 aromatic heterocycles. The second-order valence-corrected chi connectivity index (χ2v) is 5.21. The molecule has 4 heteroatoms. The Labute approximate surface area is 115 Å². The number of aromatic nitrogens is 1. The molecular formula is C15H24N2O2. The molecule has 0 aliphatic carbocycles. The van der Waals surface area contributed by atoms with Crippen LogP contribution in [0.5, 0.6) is 5.75 Å². The summed E-state index contributed by atoms with van der Waals surface area (Å²) >= 11 is 0. The molecule has 0 saturated heterocycles. The van der Waals surface area contributed by atoms with E-state index in [0.29, 0.717) is 30.1 Å². The van der Waals surface area contributed by atoms with Crippen molar-refractivity contribution in [1.82, 2.24) is 9.88 Å². The van der Waals surface area contributed by atoms with Crippen LogP contribution >= 0.6 is 0 Å². The van der Waals surface area contributed by atoms with Crippen molar-refractivity contribution < 1.29 is 9.53 Å². The number of nitrogens with zero attached hydrogens (tertiary/aromatic N) is 2. The van der Waals surface area contributed by atoms with Crippen molar-refractivity contribution >= 4 is 5.78 Å². The van der Waals surface area contributed by atoms with Gasteiger partial charge in [-0.25, -0.2) is 4.98 Å². The Morgan fingerprint density at radius 2 is 1.89 bits per heavy atom. The lowest BCUT2D eigenvalue weighted by molar-refractivity contribution is 0.101. The summed E-state index contributed by atoms with van der Waals surface area (Å²) in [5.74, 6) is 0.676. The molecule has 1 rings (SSSR count). The van der Waals surface area contributed by atoms with Gasteiger partial charge in [0.2, 0.25) is 0 Å². The molecule has 0 saturated carbocycles. The molecule has 0 spiro atoms. The van der Waals surface area contributed by atoms with Gasteiger partial charge in [0.15, 0.2) is 5.78 Å². The molecule has 1 aromatic rings. The van der Waals surface area contributed by atoms with E-state index >= 15 is 0 Å². The topological polar surface area (TPSA) is 42.4 Å². The summed E-state index contributed by atoms with van der Waals surface area (Å²) in [6.45, 7) is 11.7. The number of pyridine rings is 1. The molecule has 0 fully saturated rings. The van der Waals surface area contributed by atoms with Crippen LogP contribution in [0.3, 0.4) is 0 Å². The molecule has 0 aliphatic heterocycles. The third-order valence-corrected chi connectivity index (χ3v) is 3.04. The quantitative estimate of drug-likeness (QED) is 0.710. The molecule has 19 heavy (non-hydrogen) atoms. The first kappa shape index (κ1) is 15.6. The second-order valence-electron chi connectivity index (χ2n) is 5.21. The van der Waals surface area contributed by atoms with Gasteiger partial charge >= 0.3 is 0 Å². The zero-order valence-corrected chi connectivity index (χ0v) is 12.5. The van der Waals surface area contributed by atoms with Gasteiger partial charge in [-0.05, 0) is 39.8 Å². The first-order valence-corrected chi connectivity index (χ1v) is 6.77. The van der Waals surface area contributed by atoms with Crippen molar-refractivity contribution in [2.24, 2.45) is 0 Å². The Balaban J connectivity index is 2.46. The minimum Gasteiger partial charge on any atom is -0.491 e. The number of hydrogen-bond donors (Lipinski definition) is 0. The average Bonchev–Trinajstić information content (AvgIpc) is 2.34. The fourth-order valence-electron chi connectivity index (χ4n) is 2.06. The zero-order valence-electron chi connectivity index (χ0n) is 12.5. The van der Waals surface area contributed by atoms with E-state index in [1.165, 1.54) is 6.92 Å². The van der Waals surface area contributed by atoms with Crippen molar-refractivity contribution in [3.8, 4) is 5.75 Å². The summed E-state index contributed by atoms with van der Waals surface area (Å²) < 4.78 is 5.66. The maximum absolute atomic E-state index is 11.1. The van der Waals surface area contributed by atoms with Gasteiger partial charge in [-0.1, -0.05) is 0 Å². The third kappa shape index (κ3) is 4.99. The molecule has 0 radical (unpaired) electrons. The van der Waals surface area contributed by atoms with E-state index in [0.717, 1.165) is 6.54 Å². The maximum Gasteiger partial charge on any atom is 0.178 e. The molecule has 0 aromatic carbocycles. The molecule has 1 heterocycles. The van der Waals surface area contributed by atoms with Crippen LogP contribution in [-0.2, 0) is 0 Å². The van der Waals surface area contributed by atoms with Crippen molar-refractivity contribution in [2.75, 3.05) is 13.2 Å². The number of hydrogen-bond acceptors (Lipinski definition) is 4. The smallest absolute Gasteiger partial charge is 0.178 e. The summed E-state index contributed by atoms with van der Waals surface area (Å²) in [5.41, 5.74) is 0.471. The van der Waals surface area contributed by atoms with Crippen molar-refractivity contribution in [1.29, 1.82) is 0 Å². The standard InChI is InChI=1S/C15H24N2O2/c1-11(2)17(12(3)4)8-9-19-14-6-7-15(13(5)18)16-10-14/h6-7,10-12H,8-9H2,1-5H3. The Bertz CT molecular complexity index is 391. The molecule has 0 unspecified atom stereocenters. The van der Waals surface area contributed by atoms with Gasteiger partial charge in [0.25, 0.3) is 0 Å². The minimum atomic E-state index is -0.0302. The van der Waals surface area contributed by atoms with Crippen LogP contribution in [0.1, 0.15) is 45.1 Å². The lowest BCUT2D eigenvalue weighted by Crippen LogP contribution is -2.39. The van der Waals surface area contributed by atoms with Crippen LogP contribution in [0.15, 0.2) is 18.3 Å². The number of carbonyl (C=O) groups is 1. The largest absolute Gasteiger partial charge is 0.491 e. The number of ether oxygens (including phenoxy) is 1. The summed E-state index contributed by atoms with van der Waals surface area (Å²) in [7, 11) is 0. The lowest BCUT2D eigenvalue weighted by Gasteiger charge is -2.30. The van der Waals surface area contributed by atoms with Gasteiger partial charge < -0.3 is 4.74 Å². The molecule has 0 bridgehead atoms. The van der Waals surface area contributed by atoms with Crippen LogP contribution in [0.4, 0.5) is 0 Å². The van der Waals surface area contributed by atoms with E-state index in [2.05, 4.69) is 37.6 Å². The molecule has 0 amide bonds. The summed E-state index contributed by atoms with van der Waals surface area (Å²) in [5, 5.41) is 0. The normalized spacial score (nSPS) is 11.4. The van der Waals surface area contributed by atoms with Crippen LogP contribution in [-0.4, -0.2) is 40.9 Å². The minimum absolute atomic E-state index is 0.0302. The fraction of sp³-hybridized carbons (Fsp3) is 0.600. The summed E-state index contributed by atoms with van der Waals surface area (Å²) in [6.07, 6.45) is 1.60. The Hall–Kier alpha value is -1.42. The predicted molar refractivity (Wildman–Crippen MR) is 76.7 cm³/mol. The first-order chi connectivity index (χ1) is 8.91. The van der Waals surface area contributed by atoms with Gasteiger partial charge in [-0.3, -0.25) is 9.69 Å². The molecule has 106 valence electrons. The van der Waals surface area contributed by atoms with Gasteiger partial charge in [-0.15, -0.1) is 0 Å². The highest BCUT2D eigenvalue weighted by Gasteiger charge is 2.12. The number of Topliss-reactive ketones (excluding diaryl/α,β-unsaturated/α-hetero) is 1. The van der Waals surface area contributed by atoms with Crippen LogP contribution < -0.4 is 4.74 Å². The molecule has 0 N–H and O–H groups in total. The van der Waals surface area contributed by atoms with Crippen molar-refractivity contribution in [3.63, 3.8) is 0 Å². The van der Waals surface area contributed by atoms with Gasteiger partial charge in [-0.2, -0.15) is 0 Å². The molecule has 0 atom stereocenters. The number of ketones is 1. The molecule has 4 nitrogen and oxygen atoms in total. The summed E-state index contributed by atoms with van der Waals surface area (Å²) in [6, 6.07) is 4.49. The maximum atomic E-state index is 11.1. The van der Waals surface area contributed by atoms with E-state index in [9.17, 15) is 4.79 Å². The van der Waals surface area contributed by atoms with E-state index < -0.39 is 0 Å². The van der Waals surface area contributed by atoms with Crippen LogP contribution in [0, 0.1) is 0 Å². The highest BCUT2D eigenvalue weighted by Crippen LogP contribution is 2.10. The van der Waals surface area contributed by atoms with Crippen LogP contribution in [0.2, 0.25) is 0 Å². The average molecular weight is 264 g/mol. The second kappa shape index (κ2) is 7.24. The Morgan fingerprint density at radius 3 is 2.32 bits per heavy atom. The monoisotopic (exact) mass is 264 g/mol. The lowest BCUT2D eigenvalue weighted by atomic mass is 10.2. The van der Waals surface area contributed by atoms with E-state index in [-0.39, 0.29) is 5.78 Å². The van der Waals surface area contributed by atoms with Crippen molar-refractivity contribution in [3.05, 3.63) is 24.0 Å². The van der Waals surface area contributed by atoms with E-state index in [4.69, 9.17) is 4.74 Å². The van der Waals surface area contributed by atoms with Gasteiger partial charge in [0.05, 0.1) is 6.20 Å². The third-order valence-electron chi connectivity index (χ3n) is 3.04. The Morgan fingerprint density at radius 1 is 1.26 bits per heavy atom. The van der Waals surface area contributed by atoms with Crippen molar-refractivity contribution in [2.45, 2.75) is 46.7 Å². The highest BCUT2D eigenvalue weighted by atomic mass is 16.5. The molecule has 0 aliphatic rings.